The Morgan fingerprint density at radius 2 is 2.24 bits per heavy atom. The third-order valence-electron chi connectivity index (χ3n) is 3.77. The summed E-state index contributed by atoms with van der Waals surface area (Å²) in [6, 6.07) is 7.62. The standard InChI is InChI=1S/C16H20ClN3O/c1-12-15(11-20-8-3-6-18-7-9-20)19-16(21-12)13-4-2-5-14(17)10-13/h2,4-5,10,18H,3,6-9,11H2,1H3. The fraction of sp³-hybridized carbons (Fsp3) is 0.438. The summed E-state index contributed by atoms with van der Waals surface area (Å²) >= 11 is 6.03. The highest BCUT2D eigenvalue weighted by Gasteiger charge is 2.16. The third kappa shape index (κ3) is 3.64. The molecule has 0 atom stereocenters. The maximum Gasteiger partial charge on any atom is 0.226 e. The molecule has 1 saturated heterocycles. The van der Waals surface area contributed by atoms with Gasteiger partial charge in [0.15, 0.2) is 0 Å². The molecule has 21 heavy (non-hydrogen) atoms. The summed E-state index contributed by atoms with van der Waals surface area (Å²) in [5, 5.41) is 4.11. The van der Waals surface area contributed by atoms with Crippen LogP contribution in [0.3, 0.4) is 0 Å². The number of nitrogens with zero attached hydrogens (tertiary/aromatic N) is 2. The molecule has 1 fully saturated rings. The van der Waals surface area contributed by atoms with Crippen molar-refractivity contribution in [2.75, 3.05) is 26.2 Å². The van der Waals surface area contributed by atoms with Crippen molar-refractivity contribution in [3.63, 3.8) is 0 Å². The molecule has 4 nitrogen and oxygen atoms in total. The maximum atomic E-state index is 6.03. The van der Waals surface area contributed by atoms with Gasteiger partial charge in [0.2, 0.25) is 5.89 Å². The van der Waals surface area contributed by atoms with Crippen molar-refractivity contribution < 1.29 is 4.42 Å². The van der Waals surface area contributed by atoms with Gasteiger partial charge in [-0.3, -0.25) is 4.90 Å². The van der Waals surface area contributed by atoms with Crippen molar-refractivity contribution in [1.29, 1.82) is 0 Å². The Bertz CT molecular complexity index is 603. The number of hydrogen-bond donors (Lipinski definition) is 1. The predicted octanol–water partition coefficient (Wildman–Crippen LogP) is 3.10. The lowest BCUT2D eigenvalue weighted by atomic mass is 10.2. The number of benzene rings is 1. The first-order valence-corrected chi connectivity index (χ1v) is 7.75. The van der Waals surface area contributed by atoms with E-state index < -0.39 is 0 Å². The minimum Gasteiger partial charge on any atom is -0.441 e. The van der Waals surface area contributed by atoms with E-state index in [-0.39, 0.29) is 0 Å². The molecule has 3 rings (SSSR count). The van der Waals surface area contributed by atoms with Gasteiger partial charge < -0.3 is 9.73 Å². The van der Waals surface area contributed by atoms with E-state index in [4.69, 9.17) is 16.0 Å². The summed E-state index contributed by atoms with van der Waals surface area (Å²) in [5.74, 6) is 1.54. The van der Waals surface area contributed by atoms with Gasteiger partial charge in [-0.2, -0.15) is 0 Å². The normalized spacial score (nSPS) is 16.9. The number of aromatic nitrogens is 1. The Labute approximate surface area is 130 Å². The summed E-state index contributed by atoms with van der Waals surface area (Å²) in [7, 11) is 0. The summed E-state index contributed by atoms with van der Waals surface area (Å²) < 4.78 is 5.82. The van der Waals surface area contributed by atoms with E-state index >= 15 is 0 Å². The van der Waals surface area contributed by atoms with E-state index in [0.29, 0.717) is 10.9 Å². The molecule has 1 aliphatic heterocycles. The quantitative estimate of drug-likeness (QED) is 0.946. The summed E-state index contributed by atoms with van der Waals surface area (Å²) in [5.41, 5.74) is 1.95. The van der Waals surface area contributed by atoms with E-state index in [1.165, 1.54) is 6.42 Å². The van der Waals surface area contributed by atoms with Crippen LogP contribution in [0.4, 0.5) is 0 Å². The Kier molecular flexibility index (Phi) is 4.58. The van der Waals surface area contributed by atoms with Gasteiger partial charge in [0.25, 0.3) is 0 Å². The second-order valence-corrected chi connectivity index (χ2v) is 5.85. The highest BCUT2D eigenvalue weighted by molar-refractivity contribution is 6.30. The molecular weight excluding hydrogens is 286 g/mol. The first kappa shape index (κ1) is 14.6. The molecule has 0 saturated carbocycles. The number of oxazole rings is 1. The maximum absolute atomic E-state index is 6.03. The first-order valence-electron chi connectivity index (χ1n) is 7.38. The molecule has 0 aliphatic carbocycles. The summed E-state index contributed by atoms with van der Waals surface area (Å²) in [4.78, 5) is 7.08. The lowest BCUT2D eigenvalue weighted by molar-refractivity contribution is 0.280. The predicted molar refractivity (Wildman–Crippen MR) is 84.4 cm³/mol. The van der Waals surface area contributed by atoms with E-state index in [1.807, 2.05) is 31.2 Å². The monoisotopic (exact) mass is 305 g/mol. The van der Waals surface area contributed by atoms with E-state index in [0.717, 1.165) is 49.7 Å². The van der Waals surface area contributed by atoms with Gasteiger partial charge >= 0.3 is 0 Å². The van der Waals surface area contributed by atoms with Gasteiger partial charge in [-0.05, 0) is 44.6 Å². The SMILES string of the molecule is Cc1oc(-c2cccc(Cl)c2)nc1CN1CCCNCC1. The second-order valence-electron chi connectivity index (χ2n) is 5.41. The van der Waals surface area contributed by atoms with Gasteiger partial charge in [-0.15, -0.1) is 0 Å². The fourth-order valence-electron chi connectivity index (χ4n) is 2.59. The van der Waals surface area contributed by atoms with Crippen LogP contribution in [-0.2, 0) is 6.54 Å². The van der Waals surface area contributed by atoms with Crippen LogP contribution >= 0.6 is 11.6 Å². The average molecular weight is 306 g/mol. The highest BCUT2D eigenvalue weighted by Crippen LogP contribution is 2.24. The Hall–Kier alpha value is -1.36. The topological polar surface area (TPSA) is 41.3 Å². The van der Waals surface area contributed by atoms with E-state index in [1.54, 1.807) is 0 Å². The van der Waals surface area contributed by atoms with E-state index in [2.05, 4.69) is 15.2 Å². The van der Waals surface area contributed by atoms with Gasteiger partial charge in [0, 0.05) is 30.2 Å². The lowest BCUT2D eigenvalue weighted by Gasteiger charge is -2.17. The van der Waals surface area contributed by atoms with Crippen molar-refractivity contribution >= 4 is 11.6 Å². The van der Waals surface area contributed by atoms with Crippen molar-refractivity contribution in [3.05, 3.63) is 40.7 Å². The number of aryl methyl sites for hydroxylation is 1. The van der Waals surface area contributed by atoms with Gasteiger partial charge in [-0.1, -0.05) is 17.7 Å². The molecule has 0 amide bonds. The molecule has 1 aromatic carbocycles. The largest absolute Gasteiger partial charge is 0.441 e. The van der Waals surface area contributed by atoms with Crippen LogP contribution < -0.4 is 5.32 Å². The molecule has 1 aliphatic rings. The number of rotatable bonds is 3. The molecule has 0 spiro atoms. The first-order chi connectivity index (χ1) is 10.2. The van der Waals surface area contributed by atoms with Crippen molar-refractivity contribution in [2.45, 2.75) is 19.9 Å². The molecule has 0 radical (unpaired) electrons. The smallest absolute Gasteiger partial charge is 0.226 e. The number of halogens is 1. The summed E-state index contributed by atoms with van der Waals surface area (Å²) in [6.45, 7) is 7.12. The molecule has 1 N–H and O–H groups in total. The molecule has 0 unspecified atom stereocenters. The lowest BCUT2D eigenvalue weighted by Crippen LogP contribution is -2.28. The minimum absolute atomic E-state index is 0.651. The van der Waals surface area contributed by atoms with Crippen molar-refractivity contribution in [2.24, 2.45) is 0 Å². The van der Waals surface area contributed by atoms with Crippen molar-refractivity contribution in [3.8, 4) is 11.5 Å². The second kappa shape index (κ2) is 6.60. The fourth-order valence-corrected chi connectivity index (χ4v) is 2.78. The number of hydrogen-bond acceptors (Lipinski definition) is 4. The molecule has 112 valence electrons. The van der Waals surface area contributed by atoms with Crippen molar-refractivity contribution in [1.82, 2.24) is 15.2 Å². The minimum atomic E-state index is 0.651. The number of nitrogens with one attached hydrogen (secondary N) is 1. The zero-order valence-corrected chi connectivity index (χ0v) is 13.0. The van der Waals surface area contributed by atoms with Crippen LogP contribution in [0.5, 0.6) is 0 Å². The third-order valence-corrected chi connectivity index (χ3v) is 4.01. The Balaban J connectivity index is 1.77. The molecule has 2 heterocycles. The average Bonchev–Trinajstić information content (AvgIpc) is 2.68. The summed E-state index contributed by atoms with van der Waals surface area (Å²) in [6.07, 6.45) is 1.18. The van der Waals surface area contributed by atoms with E-state index in [9.17, 15) is 0 Å². The van der Waals surface area contributed by atoms with Crippen LogP contribution in [0.2, 0.25) is 5.02 Å². The van der Waals surface area contributed by atoms with Crippen LogP contribution in [-0.4, -0.2) is 36.1 Å². The zero-order valence-electron chi connectivity index (χ0n) is 12.2. The van der Waals surface area contributed by atoms with Gasteiger partial charge in [-0.25, -0.2) is 4.98 Å². The van der Waals surface area contributed by atoms with Crippen LogP contribution in [0.25, 0.3) is 11.5 Å². The molecular formula is C16H20ClN3O. The van der Waals surface area contributed by atoms with Crippen LogP contribution in [0.1, 0.15) is 17.9 Å². The Morgan fingerprint density at radius 3 is 3.10 bits per heavy atom. The van der Waals surface area contributed by atoms with Gasteiger partial charge in [0.05, 0.1) is 5.69 Å². The van der Waals surface area contributed by atoms with Crippen LogP contribution in [0, 0.1) is 6.92 Å². The molecule has 5 heteroatoms. The van der Waals surface area contributed by atoms with Crippen LogP contribution in [0.15, 0.2) is 28.7 Å². The van der Waals surface area contributed by atoms with Gasteiger partial charge in [0.1, 0.15) is 5.76 Å². The molecule has 0 bridgehead atoms. The Morgan fingerprint density at radius 1 is 1.33 bits per heavy atom. The highest BCUT2D eigenvalue weighted by atomic mass is 35.5. The zero-order chi connectivity index (χ0) is 14.7. The molecule has 1 aromatic heterocycles. The molecule has 2 aromatic rings.